The third kappa shape index (κ3) is 3.38. The molecule has 120 valence electrons. The standard InChI is InChI=1S/C16H22FN3OS/c1-22-20-10-8-18(9-11-20)16(21)19-7-6-14(12-19)13-2-4-15(17)5-3-13/h2-5,14H,6-12H2,1H3/t14-/m0/s1. The Morgan fingerprint density at radius 2 is 1.77 bits per heavy atom. The Labute approximate surface area is 135 Å². The maximum atomic E-state index is 13.0. The van der Waals surface area contributed by atoms with Crippen LogP contribution >= 0.6 is 11.9 Å². The highest BCUT2D eigenvalue weighted by molar-refractivity contribution is 7.96. The molecule has 0 saturated carbocycles. The molecular weight excluding hydrogens is 301 g/mol. The molecule has 2 aliphatic heterocycles. The first-order chi connectivity index (χ1) is 10.7. The van der Waals surface area contributed by atoms with Crippen LogP contribution in [0.1, 0.15) is 17.9 Å². The van der Waals surface area contributed by atoms with E-state index in [1.54, 1.807) is 11.9 Å². The smallest absolute Gasteiger partial charge is 0.320 e. The van der Waals surface area contributed by atoms with Crippen LogP contribution in [-0.2, 0) is 0 Å². The summed E-state index contributed by atoms with van der Waals surface area (Å²) in [6.45, 7) is 5.01. The van der Waals surface area contributed by atoms with Gasteiger partial charge in [0.05, 0.1) is 0 Å². The fourth-order valence-corrected chi connectivity index (χ4v) is 3.73. The summed E-state index contributed by atoms with van der Waals surface area (Å²) in [6.07, 6.45) is 3.04. The molecule has 1 aromatic carbocycles. The van der Waals surface area contributed by atoms with Crippen molar-refractivity contribution in [2.45, 2.75) is 12.3 Å². The van der Waals surface area contributed by atoms with Gasteiger partial charge in [-0.25, -0.2) is 13.5 Å². The molecule has 3 rings (SSSR count). The lowest BCUT2D eigenvalue weighted by Crippen LogP contribution is -2.50. The number of nitrogens with zero attached hydrogens (tertiary/aromatic N) is 3. The molecule has 2 aliphatic rings. The number of piperazine rings is 1. The molecule has 1 aromatic rings. The van der Waals surface area contributed by atoms with E-state index >= 15 is 0 Å². The lowest BCUT2D eigenvalue weighted by Gasteiger charge is -2.35. The molecular formula is C16H22FN3OS. The van der Waals surface area contributed by atoms with Gasteiger partial charge in [0.2, 0.25) is 0 Å². The normalized spacial score (nSPS) is 23.1. The van der Waals surface area contributed by atoms with Crippen molar-refractivity contribution in [2.75, 3.05) is 45.5 Å². The molecule has 6 heteroatoms. The van der Waals surface area contributed by atoms with Gasteiger partial charge in [0, 0.05) is 45.2 Å². The molecule has 4 nitrogen and oxygen atoms in total. The Balaban J connectivity index is 1.56. The fraction of sp³-hybridized carbons (Fsp3) is 0.562. The molecule has 2 amide bonds. The number of likely N-dealkylation sites (tertiary alicyclic amines) is 1. The Hall–Kier alpha value is -1.27. The van der Waals surface area contributed by atoms with Crippen molar-refractivity contribution in [1.29, 1.82) is 0 Å². The molecule has 2 saturated heterocycles. The number of carbonyl (C=O) groups excluding carboxylic acids is 1. The Morgan fingerprint density at radius 1 is 1.09 bits per heavy atom. The van der Waals surface area contributed by atoms with Gasteiger partial charge in [-0.05, 0) is 30.4 Å². The number of hydrogen-bond acceptors (Lipinski definition) is 3. The van der Waals surface area contributed by atoms with Crippen LogP contribution in [0, 0.1) is 5.82 Å². The van der Waals surface area contributed by atoms with Gasteiger partial charge in [-0.1, -0.05) is 24.1 Å². The third-order valence-corrected chi connectivity index (χ3v) is 5.45. The van der Waals surface area contributed by atoms with E-state index in [0.717, 1.165) is 51.3 Å². The minimum absolute atomic E-state index is 0.158. The van der Waals surface area contributed by atoms with Crippen LogP contribution in [0.15, 0.2) is 24.3 Å². The number of carbonyl (C=O) groups is 1. The minimum atomic E-state index is -0.207. The van der Waals surface area contributed by atoms with Gasteiger partial charge >= 0.3 is 6.03 Å². The predicted molar refractivity (Wildman–Crippen MR) is 87.4 cm³/mol. The summed E-state index contributed by atoms with van der Waals surface area (Å²) in [6, 6.07) is 6.84. The second-order valence-electron chi connectivity index (χ2n) is 5.86. The highest BCUT2D eigenvalue weighted by Gasteiger charge is 2.31. The summed E-state index contributed by atoms with van der Waals surface area (Å²) in [4.78, 5) is 16.5. The van der Waals surface area contributed by atoms with Gasteiger partial charge in [-0.3, -0.25) is 0 Å². The number of benzene rings is 1. The van der Waals surface area contributed by atoms with Gasteiger partial charge in [-0.2, -0.15) is 0 Å². The molecule has 0 aromatic heterocycles. The molecule has 0 unspecified atom stereocenters. The number of amides is 2. The van der Waals surface area contributed by atoms with E-state index < -0.39 is 0 Å². The lowest BCUT2D eigenvalue weighted by molar-refractivity contribution is 0.144. The van der Waals surface area contributed by atoms with Crippen molar-refractivity contribution in [2.24, 2.45) is 0 Å². The summed E-state index contributed by atoms with van der Waals surface area (Å²) in [5.41, 5.74) is 1.13. The third-order valence-electron chi connectivity index (χ3n) is 4.57. The van der Waals surface area contributed by atoms with E-state index in [1.807, 2.05) is 21.9 Å². The van der Waals surface area contributed by atoms with Gasteiger partial charge in [0.15, 0.2) is 0 Å². The average molecular weight is 323 g/mol. The Bertz CT molecular complexity index is 517. The first kappa shape index (κ1) is 15.6. The zero-order valence-electron chi connectivity index (χ0n) is 12.9. The molecule has 0 spiro atoms. The molecule has 1 atom stereocenters. The topological polar surface area (TPSA) is 26.8 Å². The average Bonchev–Trinajstić information content (AvgIpc) is 3.05. The molecule has 0 bridgehead atoms. The van der Waals surface area contributed by atoms with Crippen LogP contribution in [0.5, 0.6) is 0 Å². The lowest BCUT2D eigenvalue weighted by atomic mass is 9.99. The van der Waals surface area contributed by atoms with Crippen molar-refractivity contribution >= 4 is 18.0 Å². The summed E-state index contributed by atoms with van der Waals surface area (Å²) in [7, 11) is 0. The van der Waals surface area contributed by atoms with Crippen LogP contribution in [0.2, 0.25) is 0 Å². The predicted octanol–water partition coefficient (Wildman–Crippen LogP) is 2.63. The highest BCUT2D eigenvalue weighted by Crippen LogP contribution is 2.28. The van der Waals surface area contributed by atoms with Crippen LogP contribution in [0.25, 0.3) is 0 Å². The van der Waals surface area contributed by atoms with Crippen molar-refractivity contribution < 1.29 is 9.18 Å². The molecule has 2 fully saturated rings. The second-order valence-corrected chi connectivity index (χ2v) is 6.75. The van der Waals surface area contributed by atoms with Crippen LogP contribution < -0.4 is 0 Å². The number of rotatable bonds is 2. The van der Waals surface area contributed by atoms with E-state index in [1.165, 1.54) is 12.1 Å². The van der Waals surface area contributed by atoms with E-state index in [-0.39, 0.29) is 11.8 Å². The monoisotopic (exact) mass is 323 g/mol. The number of hydrogen-bond donors (Lipinski definition) is 0. The second kappa shape index (κ2) is 6.87. The van der Waals surface area contributed by atoms with Crippen LogP contribution in [0.3, 0.4) is 0 Å². The SMILES string of the molecule is CSN1CCN(C(=O)N2CC[C@H](c3ccc(F)cc3)C2)CC1. The Morgan fingerprint density at radius 3 is 2.41 bits per heavy atom. The first-order valence-electron chi connectivity index (χ1n) is 7.76. The molecule has 0 aliphatic carbocycles. The minimum Gasteiger partial charge on any atom is -0.324 e. The molecule has 0 radical (unpaired) electrons. The van der Waals surface area contributed by atoms with Crippen molar-refractivity contribution in [3.8, 4) is 0 Å². The molecule has 0 N–H and O–H groups in total. The van der Waals surface area contributed by atoms with Gasteiger partial charge in [0.1, 0.15) is 5.82 Å². The van der Waals surface area contributed by atoms with Gasteiger partial charge in [-0.15, -0.1) is 0 Å². The Kier molecular flexibility index (Phi) is 4.88. The summed E-state index contributed by atoms with van der Waals surface area (Å²) in [5.74, 6) is 0.124. The van der Waals surface area contributed by atoms with Crippen molar-refractivity contribution in [3.63, 3.8) is 0 Å². The highest BCUT2D eigenvalue weighted by atomic mass is 32.2. The van der Waals surface area contributed by atoms with E-state index in [0.29, 0.717) is 5.92 Å². The van der Waals surface area contributed by atoms with Crippen molar-refractivity contribution in [1.82, 2.24) is 14.1 Å². The number of halogens is 1. The zero-order valence-corrected chi connectivity index (χ0v) is 13.7. The van der Waals surface area contributed by atoms with E-state index in [4.69, 9.17) is 0 Å². The quantitative estimate of drug-likeness (QED) is 0.783. The molecule has 2 heterocycles. The van der Waals surface area contributed by atoms with Crippen LogP contribution in [0.4, 0.5) is 9.18 Å². The summed E-state index contributed by atoms with van der Waals surface area (Å²) >= 11 is 1.74. The maximum Gasteiger partial charge on any atom is 0.320 e. The molecule has 22 heavy (non-hydrogen) atoms. The van der Waals surface area contributed by atoms with E-state index in [2.05, 4.69) is 10.6 Å². The zero-order chi connectivity index (χ0) is 15.5. The van der Waals surface area contributed by atoms with Gasteiger partial charge < -0.3 is 9.80 Å². The fourth-order valence-electron chi connectivity index (χ4n) is 3.20. The van der Waals surface area contributed by atoms with Gasteiger partial charge in [0.25, 0.3) is 0 Å². The maximum absolute atomic E-state index is 13.0. The van der Waals surface area contributed by atoms with Crippen molar-refractivity contribution in [3.05, 3.63) is 35.6 Å². The van der Waals surface area contributed by atoms with E-state index in [9.17, 15) is 9.18 Å². The summed E-state index contributed by atoms with van der Waals surface area (Å²) in [5, 5.41) is 0. The summed E-state index contributed by atoms with van der Waals surface area (Å²) < 4.78 is 15.3. The van der Waals surface area contributed by atoms with Crippen LogP contribution in [-0.4, -0.2) is 65.7 Å². The number of urea groups is 1. The first-order valence-corrected chi connectivity index (χ1v) is 8.94. The largest absolute Gasteiger partial charge is 0.324 e.